The zero-order valence-corrected chi connectivity index (χ0v) is 14.2. The third-order valence-electron chi connectivity index (χ3n) is 4.11. The molecule has 0 aliphatic rings. The predicted octanol–water partition coefficient (Wildman–Crippen LogP) is 1.82. The molecule has 0 aliphatic heterocycles. The lowest BCUT2D eigenvalue weighted by Crippen LogP contribution is -2.20. The van der Waals surface area contributed by atoms with Gasteiger partial charge in [0.1, 0.15) is 17.5 Å². The highest BCUT2D eigenvalue weighted by atomic mass is 16.1. The number of nitrogens with one attached hydrogen (secondary N) is 1. The number of rotatable bonds is 4. The number of H-pyrrole nitrogens is 1. The molecule has 1 N–H and O–H groups in total. The van der Waals surface area contributed by atoms with Crippen molar-refractivity contribution in [1.82, 2.24) is 24.5 Å². The first kappa shape index (κ1) is 15.9. The van der Waals surface area contributed by atoms with Crippen molar-refractivity contribution in [2.24, 2.45) is 7.05 Å². The monoisotopic (exact) mass is 324 g/mol. The molecule has 0 radical (unpaired) electrons. The number of hydrogen-bond donors (Lipinski definition) is 1. The van der Waals surface area contributed by atoms with Gasteiger partial charge < -0.3 is 14.5 Å². The van der Waals surface area contributed by atoms with E-state index >= 15 is 0 Å². The molecule has 0 aromatic carbocycles. The maximum atomic E-state index is 11.9. The molecule has 0 unspecified atom stereocenters. The minimum Gasteiger partial charge on any atom is -0.352 e. The topological polar surface area (TPSA) is 79.7 Å². The summed E-state index contributed by atoms with van der Waals surface area (Å²) in [6.07, 6.45) is 5.42. The Morgan fingerprint density at radius 2 is 2.04 bits per heavy atom. The Morgan fingerprint density at radius 1 is 1.25 bits per heavy atom. The van der Waals surface area contributed by atoms with Gasteiger partial charge in [0.05, 0.1) is 6.54 Å². The second-order valence-corrected chi connectivity index (χ2v) is 5.84. The van der Waals surface area contributed by atoms with Crippen LogP contribution in [0.5, 0.6) is 0 Å². The van der Waals surface area contributed by atoms with E-state index in [1.54, 1.807) is 19.3 Å². The Hall–Kier alpha value is -2.96. The molecule has 3 aromatic heterocycles. The molecule has 3 aromatic rings. The van der Waals surface area contributed by atoms with Crippen molar-refractivity contribution in [2.75, 3.05) is 11.9 Å². The van der Waals surface area contributed by atoms with E-state index in [1.807, 2.05) is 48.8 Å². The van der Waals surface area contributed by atoms with Gasteiger partial charge in [0.2, 0.25) is 0 Å². The second kappa shape index (κ2) is 6.27. The summed E-state index contributed by atoms with van der Waals surface area (Å²) in [6, 6.07) is 3.82. The molecule has 7 heteroatoms. The molecule has 0 fully saturated rings. The van der Waals surface area contributed by atoms with Crippen LogP contribution in [-0.4, -0.2) is 31.6 Å². The van der Waals surface area contributed by atoms with Crippen LogP contribution in [0.4, 0.5) is 5.82 Å². The number of pyridine rings is 1. The Balaban J connectivity index is 1.83. The van der Waals surface area contributed by atoms with Gasteiger partial charge in [-0.15, -0.1) is 0 Å². The van der Waals surface area contributed by atoms with Gasteiger partial charge >= 0.3 is 0 Å². The smallest absolute Gasteiger partial charge is 0.254 e. The zero-order chi connectivity index (χ0) is 17.3. The molecule has 0 amide bonds. The first-order chi connectivity index (χ1) is 11.5. The van der Waals surface area contributed by atoms with Crippen LogP contribution in [0.25, 0.3) is 11.4 Å². The largest absolute Gasteiger partial charge is 0.352 e. The lowest BCUT2D eigenvalue weighted by Gasteiger charge is -2.18. The van der Waals surface area contributed by atoms with Crippen molar-refractivity contribution < 1.29 is 0 Å². The predicted molar refractivity (Wildman–Crippen MR) is 92.9 cm³/mol. The molecule has 0 spiro atoms. The second-order valence-electron chi connectivity index (χ2n) is 5.84. The van der Waals surface area contributed by atoms with Crippen LogP contribution in [0.2, 0.25) is 0 Å². The fourth-order valence-corrected chi connectivity index (χ4v) is 2.38. The Morgan fingerprint density at radius 3 is 2.62 bits per heavy atom. The van der Waals surface area contributed by atoms with Gasteiger partial charge in [-0.05, 0) is 26.0 Å². The normalized spacial score (nSPS) is 10.8. The summed E-state index contributed by atoms with van der Waals surface area (Å²) in [5, 5.41) is 0. The van der Waals surface area contributed by atoms with Crippen molar-refractivity contribution in [1.29, 1.82) is 0 Å². The molecule has 124 valence electrons. The van der Waals surface area contributed by atoms with Crippen LogP contribution in [0.3, 0.4) is 0 Å². The molecule has 0 saturated carbocycles. The van der Waals surface area contributed by atoms with Crippen molar-refractivity contribution in [3.05, 3.63) is 58.2 Å². The molecule has 0 saturated heterocycles. The van der Waals surface area contributed by atoms with E-state index < -0.39 is 0 Å². The number of imidazole rings is 1. The maximum absolute atomic E-state index is 11.9. The molecule has 3 heterocycles. The molecule has 0 aliphatic carbocycles. The van der Waals surface area contributed by atoms with E-state index in [0.29, 0.717) is 17.9 Å². The Bertz CT molecular complexity index is 910. The highest BCUT2D eigenvalue weighted by molar-refractivity contribution is 5.56. The summed E-state index contributed by atoms with van der Waals surface area (Å²) >= 11 is 0. The Kier molecular flexibility index (Phi) is 4.16. The fraction of sp³-hybridized carbons (Fsp3) is 0.294. The molecular formula is C17H20N6O. The molecule has 0 bridgehead atoms. The van der Waals surface area contributed by atoms with Crippen molar-refractivity contribution in [2.45, 2.75) is 20.4 Å². The number of anilines is 1. The average Bonchev–Trinajstić information content (AvgIpc) is 2.97. The summed E-state index contributed by atoms with van der Waals surface area (Å²) in [5.41, 5.74) is 2.03. The lowest BCUT2D eigenvalue weighted by atomic mass is 10.2. The highest BCUT2D eigenvalue weighted by Gasteiger charge is 2.09. The lowest BCUT2D eigenvalue weighted by molar-refractivity contribution is 0.755. The third-order valence-corrected chi connectivity index (χ3v) is 4.11. The fourth-order valence-electron chi connectivity index (χ4n) is 2.38. The maximum Gasteiger partial charge on any atom is 0.254 e. The van der Waals surface area contributed by atoms with Crippen LogP contribution in [0.1, 0.15) is 17.1 Å². The van der Waals surface area contributed by atoms with Crippen LogP contribution >= 0.6 is 0 Å². The van der Waals surface area contributed by atoms with Crippen LogP contribution in [-0.2, 0) is 13.6 Å². The highest BCUT2D eigenvalue weighted by Crippen LogP contribution is 2.18. The SMILES string of the molecule is Cc1nc(-c2ccc(N(C)Cc3nccn3C)nc2)[nH]c(=O)c1C. The van der Waals surface area contributed by atoms with E-state index in [9.17, 15) is 4.79 Å². The molecule has 3 rings (SSSR count). The summed E-state index contributed by atoms with van der Waals surface area (Å²) in [6.45, 7) is 4.25. The van der Waals surface area contributed by atoms with Gasteiger partial charge in [0, 0.05) is 49.5 Å². The number of nitrogens with zero attached hydrogens (tertiary/aromatic N) is 5. The van der Waals surface area contributed by atoms with Crippen LogP contribution in [0.15, 0.2) is 35.5 Å². The quantitative estimate of drug-likeness (QED) is 0.792. The van der Waals surface area contributed by atoms with E-state index in [1.165, 1.54) is 0 Å². The molecule has 0 atom stereocenters. The van der Waals surface area contributed by atoms with Crippen LogP contribution < -0.4 is 10.5 Å². The Labute approximate surface area is 140 Å². The number of hydrogen-bond acceptors (Lipinski definition) is 5. The van der Waals surface area contributed by atoms with Gasteiger partial charge in [0.15, 0.2) is 0 Å². The van der Waals surface area contributed by atoms with E-state index in [2.05, 4.69) is 19.9 Å². The average molecular weight is 324 g/mol. The van der Waals surface area contributed by atoms with E-state index in [4.69, 9.17) is 0 Å². The van der Waals surface area contributed by atoms with Gasteiger partial charge in [-0.1, -0.05) is 0 Å². The number of aromatic nitrogens is 5. The van der Waals surface area contributed by atoms with E-state index in [-0.39, 0.29) is 5.56 Å². The van der Waals surface area contributed by atoms with Crippen molar-refractivity contribution >= 4 is 5.82 Å². The minimum atomic E-state index is -0.117. The standard InChI is InChI=1S/C17H20N6O/c1-11-12(2)20-16(21-17(11)24)13-5-6-14(19-9-13)23(4)10-15-18-7-8-22(15)3/h5-9H,10H2,1-4H3,(H,20,21,24). The molecular weight excluding hydrogens is 304 g/mol. The van der Waals surface area contributed by atoms with Gasteiger partial charge in [-0.3, -0.25) is 4.79 Å². The molecule has 7 nitrogen and oxygen atoms in total. The summed E-state index contributed by atoms with van der Waals surface area (Å²) in [7, 11) is 3.93. The van der Waals surface area contributed by atoms with Gasteiger partial charge in [-0.2, -0.15) is 0 Å². The zero-order valence-electron chi connectivity index (χ0n) is 14.2. The summed E-state index contributed by atoms with van der Waals surface area (Å²) in [4.78, 5) is 29.9. The van der Waals surface area contributed by atoms with Crippen molar-refractivity contribution in [3.8, 4) is 11.4 Å². The third kappa shape index (κ3) is 3.05. The van der Waals surface area contributed by atoms with E-state index in [0.717, 1.165) is 22.9 Å². The van der Waals surface area contributed by atoms with Crippen LogP contribution in [0, 0.1) is 13.8 Å². The summed E-state index contributed by atoms with van der Waals surface area (Å²) in [5.74, 6) is 2.32. The summed E-state index contributed by atoms with van der Waals surface area (Å²) < 4.78 is 1.98. The first-order valence-corrected chi connectivity index (χ1v) is 7.67. The minimum absolute atomic E-state index is 0.117. The first-order valence-electron chi connectivity index (χ1n) is 7.67. The number of aryl methyl sites for hydroxylation is 2. The van der Waals surface area contributed by atoms with Gasteiger partial charge in [-0.25, -0.2) is 15.0 Å². The number of aromatic amines is 1. The van der Waals surface area contributed by atoms with Crippen molar-refractivity contribution in [3.63, 3.8) is 0 Å². The molecule has 24 heavy (non-hydrogen) atoms. The van der Waals surface area contributed by atoms with Gasteiger partial charge in [0.25, 0.3) is 5.56 Å².